The molecule has 0 radical (unpaired) electrons. The predicted molar refractivity (Wildman–Crippen MR) is 126 cm³/mol. The first-order valence-corrected chi connectivity index (χ1v) is 11.3. The lowest BCUT2D eigenvalue weighted by atomic mass is 10.0. The summed E-state index contributed by atoms with van der Waals surface area (Å²) < 4.78 is 0. The molecule has 0 saturated heterocycles. The van der Waals surface area contributed by atoms with Crippen molar-refractivity contribution in [1.29, 1.82) is 0 Å². The number of thioether (sulfide) groups is 1. The van der Waals surface area contributed by atoms with Gasteiger partial charge in [-0.2, -0.15) is 0 Å². The summed E-state index contributed by atoms with van der Waals surface area (Å²) in [6.07, 6.45) is 0. The summed E-state index contributed by atoms with van der Waals surface area (Å²) in [7, 11) is 0. The van der Waals surface area contributed by atoms with E-state index in [1.54, 1.807) is 0 Å². The van der Waals surface area contributed by atoms with Crippen LogP contribution in [0.25, 0.3) is 21.3 Å². The van der Waals surface area contributed by atoms with Gasteiger partial charge < -0.3 is 10.3 Å². The van der Waals surface area contributed by atoms with Gasteiger partial charge in [-0.05, 0) is 37.5 Å². The number of aryl methyl sites for hydroxylation is 3. The molecule has 5 nitrogen and oxygen atoms in total. The quantitative estimate of drug-likeness (QED) is 0.329. The zero-order chi connectivity index (χ0) is 21.3. The molecule has 0 aliphatic rings. The van der Waals surface area contributed by atoms with Gasteiger partial charge >= 0.3 is 0 Å². The Hall–Kier alpha value is -2.90. The van der Waals surface area contributed by atoms with Crippen LogP contribution in [0.5, 0.6) is 0 Å². The van der Waals surface area contributed by atoms with Crippen LogP contribution in [0.1, 0.15) is 16.0 Å². The number of aromatic nitrogens is 2. The number of nitrogens with zero attached hydrogens (tertiary/aromatic N) is 1. The van der Waals surface area contributed by atoms with Crippen molar-refractivity contribution in [3.63, 3.8) is 0 Å². The van der Waals surface area contributed by atoms with Crippen LogP contribution in [0.15, 0.2) is 58.5 Å². The lowest BCUT2D eigenvalue weighted by molar-refractivity contribution is -0.113. The fourth-order valence-electron chi connectivity index (χ4n) is 3.44. The Balaban J connectivity index is 1.56. The maximum Gasteiger partial charge on any atom is 0.260 e. The van der Waals surface area contributed by atoms with Gasteiger partial charge in [-0.3, -0.25) is 9.59 Å². The molecule has 0 bridgehead atoms. The maximum atomic E-state index is 12.8. The van der Waals surface area contributed by atoms with Crippen LogP contribution in [-0.2, 0) is 4.79 Å². The third-order valence-corrected chi connectivity index (χ3v) is 6.74. The summed E-state index contributed by atoms with van der Waals surface area (Å²) >= 11 is 2.73. The summed E-state index contributed by atoms with van der Waals surface area (Å²) in [4.78, 5) is 34.4. The number of thiophene rings is 1. The normalized spacial score (nSPS) is 11.0. The largest absolute Gasteiger partial charge is 0.325 e. The lowest BCUT2D eigenvalue weighted by Gasteiger charge is -2.11. The van der Waals surface area contributed by atoms with Gasteiger partial charge in [-0.1, -0.05) is 60.3 Å². The zero-order valence-corrected chi connectivity index (χ0v) is 18.5. The number of fused-ring (bicyclic) bond motifs is 1. The number of hydrogen-bond acceptors (Lipinski definition) is 5. The van der Waals surface area contributed by atoms with Crippen molar-refractivity contribution in [3.8, 4) is 11.1 Å². The highest BCUT2D eigenvalue weighted by Gasteiger charge is 2.17. The molecule has 7 heteroatoms. The SMILES string of the molecule is Cc1cccc(C)c1NC(=O)CSc1nc2sc(C)c(-c3ccccc3)c2c(=O)[nH]1. The van der Waals surface area contributed by atoms with E-state index in [-0.39, 0.29) is 17.2 Å². The summed E-state index contributed by atoms with van der Waals surface area (Å²) in [6, 6.07) is 15.7. The lowest BCUT2D eigenvalue weighted by Crippen LogP contribution is -2.16. The van der Waals surface area contributed by atoms with E-state index in [0.717, 1.165) is 32.8 Å². The standard InChI is InChI=1S/C23H21N3O2S2/c1-13-8-7-9-14(2)20(13)24-17(27)12-29-23-25-21(28)19-18(15(3)30-22(19)26-23)16-10-5-4-6-11-16/h4-11H,12H2,1-3H3,(H,24,27)(H,25,26,28). The first kappa shape index (κ1) is 20.4. The number of carbonyl (C=O) groups excluding carboxylic acids is 1. The number of anilines is 1. The average Bonchev–Trinajstić information content (AvgIpc) is 3.06. The molecular weight excluding hydrogens is 414 g/mol. The highest BCUT2D eigenvalue weighted by Crippen LogP contribution is 2.35. The smallest absolute Gasteiger partial charge is 0.260 e. The number of rotatable bonds is 5. The molecule has 0 saturated carbocycles. The molecular formula is C23H21N3O2S2. The van der Waals surface area contributed by atoms with Gasteiger partial charge in [0, 0.05) is 16.1 Å². The molecule has 2 heterocycles. The number of aromatic amines is 1. The number of benzene rings is 2. The molecule has 4 aromatic rings. The highest BCUT2D eigenvalue weighted by atomic mass is 32.2. The van der Waals surface area contributed by atoms with Crippen molar-refractivity contribution in [2.45, 2.75) is 25.9 Å². The second-order valence-corrected chi connectivity index (χ2v) is 9.22. The molecule has 2 N–H and O–H groups in total. The predicted octanol–water partition coefficient (Wildman–Crippen LogP) is 5.31. The zero-order valence-electron chi connectivity index (χ0n) is 16.9. The van der Waals surface area contributed by atoms with Gasteiger partial charge in [-0.25, -0.2) is 4.98 Å². The second kappa shape index (κ2) is 8.45. The Bertz CT molecular complexity index is 1270. The maximum absolute atomic E-state index is 12.8. The Morgan fingerprint density at radius 3 is 2.47 bits per heavy atom. The minimum Gasteiger partial charge on any atom is -0.325 e. The van der Waals surface area contributed by atoms with Crippen LogP contribution < -0.4 is 10.9 Å². The molecule has 2 aromatic heterocycles. The van der Waals surface area contributed by atoms with Crippen molar-refractivity contribution in [2.75, 3.05) is 11.1 Å². The summed E-state index contributed by atoms with van der Waals surface area (Å²) in [5.74, 6) is 0.0328. The molecule has 4 rings (SSSR count). The molecule has 0 atom stereocenters. The highest BCUT2D eigenvalue weighted by molar-refractivity contribution is 7.99. The third-order valence-electron chi connectivity index (χ3n) is 4.86. The number of nitrogens with one attached hydrogen (secondary N) is 2. The molecule has 30 heavy (non-hydrogen) atoms. The van der Waals surface area contributed by atoms with Crippen molar-refractivity contribution in [1.82, 2.24) is 9.97 Å². The topological polar surface area (TPSA) is 74.8 Å². The molecule has 0 aliphatic heterocycles. The Labute approximate surface area is 182 Å². The van der Waals surface area contributed by atoms with Crippen molar-refractivity contribution in [3.05, 3.63) is 74.9 Å². The van der Waals surface area contributed by atoms with Crippen LogP contribution >= 0.6 is 23.1 Å². The van der Waals surface area contributed by atoms with Gasteiger partial charge in [0.05, 0.1) is 11.1 Å². The van der Waals surface area contributed by atoms with E-state index in [9.17, 15) is 9.59 Å². The molecule has 0 aliphatic carbocycles. The minimum absolute atomic E-state index is 0.132. The minimum atomic E-state index is -0.180. The molecule has 2 aromatic carbocycles. The van der Waals surface area contributed by atoms with E-state index in [4.69, 9.17) is 0 Å². The molecule has 0 unspecified atom stereocenters. The van der Waals surface area contributed by atoms with Crippen LogP contribution in [-0.4, -0.2) is 21.6 Å². The fraction of sp³-hybridized carbons (Fsp3) is 0.174. The third kappa shape index (κ3) is 4.04. The average molecular weight is 436 g/mol. The summed E-state index contributed by atoms with van der Waals surface area (Å²) in [6.45, 7) is 5.93. The van der Waals surface area contributed by atoms with Crippen LogP contribution in [0.2, 0.25) is 0 Å². The van der Waals surface area contributed by atoms with E-state index in [1.807, 2.05) is 69.3 Å². The van der Waals surface area contributed by atoms with Gasteiger partial charge in [0.1, 0.15) is 4.83 Å². The van der Waals surface area contributed by atoms with E-state index in [1.165, 1.54) is 23.1 Å². The first-order valence-electron chi connectivity index (χ1n) is 9.51. The van der Waals surface area contributed by atoms with Crippen molar-refractivity contribution < 1.29 is 4.79 Å². The number of para-hydroxylation sites is 1. The van der Waals surface area contributed by atoms with E-state index >= 15 is 0 Å². The molecule has 152 valence electrons. The van der Waals surface area contributed by atoms with Crippen molar-refractivity contribution >= 4 is 44.9 Å². The molecule has 1 amide bonds. The Kier molecular flexibility index (Phi) is 5.74. The summed E-state index contributed by atoms with van der Waals surface area (Å²) in [5, 5.41) is 4.01. The number of carbonyl (C=O) groups is 1. The number of hydrogen-bond donors (Lipinski definition) is 2. The molecule has 0 fully saturated rings. The van der Waals surface area contributed by atoms with Crippen molar-refractivity contribution in [2.24, 2.45) is 0 Å². The van der Waals surface area contributed by atoms with Crippen LogP contribution in [0.4, 0.5) is 5.69 Å². The second-order valence-electron chi connectivity index (χ2n) is 7.05. The molecule has 0 spiro atoms. The first-order chi connectivity index (χ1) is 14.4. The van der Waals surface area contributed by atoms with Crippen LogP contribution in [0.3, 0.4) is 0 Å². The number of amides is 1. The van der Waals surface area contributed by atoms with Gasteiger partial charge in [-0.15, -0.1) is 11.3 Å². The number of H-pyrrole nitrogens is 1. The van der Waals surface area contributed by atoms with E-state index < -0.39 is 0 Å². The monoisotopic (exact) mass is 435 g/mol. The fourth-order valence-corrected chi connectivity index (χ4v) is 5.21. The van der Waals surface area contributed by atoms with Gasteiger partial charge in [0.25, 0.3) is 5.56 Å². The van der Waals surface area contributed by atoms with E-state index in [0.29, 0.717) is 15.4 Å². The van der Waals surface area contributed by atoms with Gasteiger partial charge in [0.2, 0.25) is 5.91 Å². The summed E-state index contributed by atoms with van der Waals surface area (Å²) in [5.41, 5.74) is 4.62. The van der Waals surface area contributed by atoms with E-state index in [2.05, 4.69) is 15.3 Å². The Morgan fingerprint density at radius 2 is 1.77 bits per heavy atom. The Morgan fingerprint density at radius 1 is 1.07 bits per heavy atom. The van der Waals surface area contributed by atoms with Gasteiger partial charge in [0.15, 0.2) is 5.16 Å². The van der Waals surface area contributed by atoms with Crippen LogP contribution in [0, 0.1) is 20.8 Å².